The number of carboxylic acids is 1. The van der Waals surface area contributed by atoms with Crippen molar-refractivity contribution in [1.29, 1.82) is 0 Å². The maximum atomic E-state index is 10.8. The van der Waals surface area contributed by atoms with Crippen molar-refractivity contribution in [1.82, 2.24) is 15.0 Å². The first-order chi connectivity index (χ1) is 15.7. The Kier molecular flexibility index (Phi) is 6.71. The Labute approximate surface area is 185 Å². The van der Waals surface area contributed by atoms with Crippen LogP contribution in [0.3, 0.4) is 0 Å². The molecule has 0 aliphatic carbocycles. The highest BCUT2D eigenvalue weighted by Gasteiger charge is 2.17. The number of para-hydroxylation sites is 2. The Bertz CT molecular complexity index is 1090. The van der Waals surface area contributed by atoms with Crippen molar-refractivity contribution in [3.8, 4) is 5.75 Å². The van der Waals surface area contributed by atoms with E-state index in [2.05, 4.69) is 35.7 Å². The number of hydrogen-bond donors (Lipinski definition) is 3. The molecule has 1 aromatic heterocycles. The van der Waals surface area contributed by atoms with Gasteiger partial charge in [0.25, 0.3) is 0 Å². The van der Waals surface area contributed by atoms with Gasteiger partial charge in [-0.05, 0) is 37.1 Å². The fraction of sp³-hybridized carbons (Fsp3) is 0.227. The number of anilines is 4. The summed E-state index contributed by atoms with van der Waals surface area (Å²) in [5.74, 6) is 0.656. The van der Waals surface area contributed by atoms with Crippen LogP contribution >= 0.6 is 0 Å². The summed E-state index contributed by atoms with van der Waals surface area (Å²) >= 11 is 0. The first kappa shape index (κ1) is 21.0. The maximum absolute atomic E-state index is 10.8. The first-order valence-corrected chi connectivity index (χ1v) is 10.2. The second-order valence-electron chi connectivity index (χ2n) is 7.06. The molecule has 1 fully saturated rings. The number of carboxylic acid groups (broad SMARTS) is 1. The van der Waals surface area contributed by atoms with Gasteiger partial charge in [0.2, 0.25) is 17.8 Å². The predicted octanol–water partition coefficient (Wildman–Crippen LogP) is 3.12. The van der Waals surface area contributed by atoms with Gasteiger partial charge in [0.15, 0.2) is 6.61 Å². The van der Waals surface area contributed by atoms with Crippen molar-refractivity contribution in [2.75, 3.05) is 35.3 Å². The Morgan fingerprint density at radius 2 is 1.75 bits per heavy atom. The number of nitrogens with zero attached hydrogens (tertiary/aromatic N) is 5. The van der Waals surface area contributed by atoms with E-state index in [9.17, 15) is 4.79 Å². The van der Waals surface area contributed by atoms with Crippen LogP contribution in [-0.4, -0.2) is 51.9 Å². The molecule has 3 aromatic rings. The summed E-state index contributed by atoms with van der Waals surface area (Å²) in [6.45, 7) is 1.36. The third-order valence-corrected chi connectivity index (χ3v) is 4.68. The van der Waals surface area contributed by atoms with Gasteiger partial charge in [-0.25, -0.2) is 10.2 Å². The average Bonchev–Trinajstić information content (AvgIpc) is 3.34. The van der Waals surface area contributed by atoms with Crippen molar-refractivity contribution >= 4 is 35.7 Å². The third kappa shape index (κ3) is 5.69. The summed E-state index contributed by atoms with van der Waals surface area (Å²) in [6.07, 6.45) is 3.73. The van der Waals surface area contributed by atoms with Gasteiger partial charge in [-0.15, -0.1) is 0 Å². The van der Waals surface area contributed by atoms with Crippen molar-refractivity contribution < 1.29 is 14.6 Å². The molecule has 0 amide bonds. The Morgan fingerprint density at radius 3 is 2.53 bits per heavy atom. The van der Waals surface area contributed by atoms with Crippen LogP contribution in [0.15, 0.2) is 59.7 Å². The van der Waals surface area contributed by atoms with E-state index in [1.807, 2.05) is 36.4 Å². The standard InChI is InChI=1S/C22H23N7O3/c30-19(31)15-32-18-11-5-4-8-16(18)14-23-28-21-25-20(24-17-9-2-1-3-10-17)26-22(27-21)29-12-6-7-13-29/h1-5,8-11,14H,6-7,12-13,15H2,(H,30,31)(H2,24,25,26,27,28)/b23-14+. The van der Waals surface area contributed by atoms with Crippen molar-refractivity contribution in [3.63, 3.8) is 0 Å². The molecule has 0 bridgehead atoms. The minimum Gasteiger partial charge on any atom is -0.481 e. The summed E-state index contributed by atoms with van der Waals surface area (Å²) in [6, 6.07) is 16.7. The predicted molar refractivity (Wildman–Crippen MR) is 122 cm³/mol. The molecule has 0 spiro atoms. The molecular formula is C22H23N7O3. The van der Waals surface area contributed by atoms with Crippen LogP contribution in [0.1, 0.15) is 18.4 Å². The lowest BCUT2D eigenvalue weighted by Crippen LogP contribution is -2.21. The van der Waals surface area contributed by atoms with Crippen LogP contribution < -0.4 is 20.4 Å². The van der Waals surface area contributed by atoms with Gasteiger partial charge >= 0.3 is 5.97 Å². The van der Waals surface area contributed by atoms with Crippen LogP contribution in [0.5, 0.6) is 5.75 Å². The maximum Gasteiger partial charge on any atom is 0.341 e. The topological polar surface area (TPSA) is 125 Å². The molecule has 2 heterocycles. The average molecular weight is 433 g/mol. The van der Waals surface area contributed by atoms with E-state index in [4.69, 9.17) is 9.84 Å². The molecule has 2 aromatic carbocycles. The molecule has 10 heteroatoms. The molecule has 10 nitrogen and oxygen atoms in total. The Morgan fingerprint density at radius 1 is 1.03 bits per heavy atom. The van der Waals surface area contributed by atoms with Crippen molar-refractivity contribution in [2.24, 2.45) is 5.10 Å². The molecule has 4 rings (SSSR count). The molecule has 0 saturated carbocycles. The highest BCUT2D eigenvalue weighted by atomic mass is 16.5. The lowest BCUT2D eigenvalue weighted by Gasteiger charge is -2.16. The Balaban J connectivity index is 1.53. The van der Waals surface area contributed by atoms with Crippen LogP contribution in [0, 0.1) is 0 Å². The summed E-state index contributed by atoms with van der Waals surface area (Å²) < 4.78 is 5.30. The number of carbonyl (C=O) groups is 1. The first-order valence-electron chi connectivity index (χ1n) is 10.2. The van der Waals surface area contributed by atoms with Gasteiger partial charge in [0, 0.05) is 24.3 Å². The molecular weight excluding hydrogens is 410 g/mol. The fourth-order valence-electron chi connectivity index (χ4n) is 3.20. The van der Waals surface area contributed by atoms with Crippen molar-refractivity contribution in [2.45, 2.75) is 12.8 Å². The molecule has 32 heavy (non-hydrogen) atoms. The number of aromatic nitrogens is 3. The van der Waals surface area contributed by atoms with Gasteiger partial charge < -0.3 is 20.1 Å². The molecule has 1 aliphatic rings. The largest absolute Gasteiger partial charge is 0.481 e. The number of hydrogen-bond acceptors (Lipinski definition) is 9. The van der Waals surface area contributed by atoms with Gasteiger partial charge in [-0.1, -0.05) is 30.3 Å². The molecule has 1 aliphatic heterocycles. The van der Waals surface area contributed by atoms with E-state index >= 15 is 0 Å². The minimum atomic E-state index is -1.05. The molecule has 0 atom stereocenters. The van der Waals surface area contributed by atoms with E-state index in [1.165, 1.54) is 6.21 Å². The van der Waals surface area contributed by atoms with Crippen molar-refractivity contribution in [3.05, 3.63) is 60.2 Å². The lowest BCUT2D eigenvalue weighted by atomic mass is 10.2. The molecule has 0 radical (unpaired) electrons. The minimum absolute atomic E-state index is 0.292. The molecule has 1 saturated heterocycles. The van der Waals surface area contributed by atoms with Gasteiger partial charge in [-0.2, -0.15) is 20.1 Å². The van der Waals surface area contributed by atoms with E-state index < -0.39 is 12.6 Å². The summed E-state index contributed by atoms with van der Waals surface area (Å²) in [7, 11) is 0. The van der Waals surface area contributed by atoms with Crippen LogP contribution in [0.4, 0.5) is 23.5 Å². The smallest absolute Gasteiger partial charge is 0.341 e. The lowest BCUT2D eigenvalue weighted by molar-refractivity contribution is -0.139. The summed E-state index contributed by atoms with van der Waals surface area (Å²) in [5, 5.41) is 16.2. The zero-order valence-electron chi connectivity index (χ0n) is 17.3. The normalized spacial score (nSPS) is 13.3. The van der Waals surface area contributed by atoms with Gasteiger partial charge in [0.1, 0.15) is 5.75 Å². The highest BCUT2D eigenvalue weighted by Crippen LogP contribution is 2.21. The van der Waals surface area contributed by atoms with E-state index in [0.29, 0.717) is 29.2 Å². The monoisotopic (exact) mass is 433 g/mol. The second kappa shape index (κ2) is 10.2. The number of benzene rings is 2. The number of ether oxygens (including phenoxy) is 1. The number of rotatable bonds is 9. The van der Waals surface area contributed by atoms with E-state index in [-0.39, 0.29) is 0 Å². The number of hydrazone groups is 1. The van der Waals surface area contributed by atoms with Gasteiger partial charge in [0.05, 0.1) is 6.21 Å². The van der Waals surface area contributed by atoms with E-state index in [0.717, 1.165) is 31.6 Å². The Hall–Kier alpha value is -4.21. The second-order valence-corrected chi connectivity index (χ2v) is 7.06. The van der Waals surface area contributed by atoms with Crippen LogP contribution in [0.25, 0.3) is 0 Å². The van der Waals surface area contributed by atoms with Gasteiger partial charge in [-0.3, -0.25) is 0 Å². The third-order valence-electron chi connectivity index (χ3n) is 4.68. The molecule has 164 valence electrons. The number of nitrogens with one attached hydrogen (secondary N) is 2. The molecule has 3 N–H and O–H groups in total. The highest BCUT2D eigenvalue weighted by molar-refractivity contribution is 5.84. The molecule has 0 unspecified atom stereocenters. The number of aliphatic carboxylic acids is 1. The fourth-order valence-corrected chi connectivity index (χ4v) is 3.20. The summed E-state index contributed by atoms with van der Waals surface area (Å²) in [5.41, 5.74) is 4.33. The SMILES string of the molecule is O=C(O)COc1ccccc1/C=N/Nc1nc(Nc2ccccc2)nc(N2CCCC2)n1. The zero-order chi connectivity index (χ0) is 22.2. The van der Waals surface area contributed by atoms with E-state index in [1.54, 1.807) is 18.2 Å². The quantitative estimate of drug-likeness (QED) is 0.345. The summed E-state index contributed by atoms with van der Waals surface area (Å²) in [4.78, 5) is 26.4. The zero-order valence-corrected chi connectivity index (χ0v) is 17.3. The van der Waals surface area contributed by atoms with Crippen LogP contribution in [-0.2, 0) is 4.79 Å². The van der Waals surface area contributed by atoms with Crippen LogP contribution in [0.2, 0.25) is 0 Å².